The molecule has 1 atom stereocenters. The molecule has 1 aromatic rings. The van der Waals surface area contributed by atoms with Gasteiger partial charge in [-0.1, -0.05) is 18.2 Å². The van der Waals surface area contributed by atoms with E-state index in [9.17, 15) is 0 Å². The number of rotatable bonds is 3. The fraction of sp³-hybridized carbons (Fsp3) is 0. The summed E-state index contributed by atoms with van der Waals surface area (Å²) in [4.78, 5) is 9.13. The zero-order chi connectivity index (χ0) is 9.03. The molecule has 0 saturated heterocycles. The van der Waals surface area contributed by atoms with Gasteiger partial charge in [-0.2, -0.15) is 4.08 Å². The predicted octanol–water partition coefficient (Wildman–Crippen LogP) is 2.45. The van der Waals surface area contributed by atoms with Crippen molar-refractivity contribution >= 4 is 30.4 Å². The molecule has 66 valence electrons. The third-order valence-electron chi connectivity index (χ3n) is 1.05. The highest BCUT2D eigenvalue weighted by atomic mass is 35.5. The van der Waals surface area contributed by atoms with Gasteiger partial charge in [0.15, 0.2) is 0 Å². The minimum absolute atomic E-state index is 0.434. The normalized spacial score (nSPS) is 15.2. The maximum Gasteiger partial charge on any atom is 0.394 e. The minimum atomic E-state index is -3.30. The average Bonchev–Trinajstić information content (AvgIpc) is 2.06. The Balaban J connectivity index is 2.71. The van der Waals surface area contributed by atoms with Crippen molar-refractivity contribution in [2.45, 2.75) is 0 Å². The van der Waals surface area contributed by atoms with E-state index in [4.69, 9.17) is 21.3 Å². The van der Waals surface area contributed by atoms with Crippen LogP contribution in [0.1, 0.15) is 0 Å². The highest BCUT2D eigenvalue weighted by molar-refractivity contribution is 8.07. The highest BCUT2D eigenvalue weighted by Gasteiger charge is 2.15. The molecule has 1 rings (SSSR count). The van der Waals surface area contributed by atoms with E-state index in [-0.39, 0.29) is 0 Å². The largest absolute Gasteiger partial charge is 0.423 e. The molecule has 0 spiro atoms. The second-order valence-corrected chi connectivity index (χ2v) is 5.00. The first-order valence-electron chi connectivity index (χ1n) is 3.02. The topological polar surface area (TPSA) is 38.7 Å². The SMILES string of the molecule is OP(=S)(OCl)Oc1ccccc1. The van der Waals surface area contributed by atoms with Crippen LogP contribution in [0.15, 0.2) is 30.3 Å². The van der Waals surface area contributed by atoms with Crippen LogP contribution < -0.4 is 4.52 Å². The molecule has 0 aliphatic carbocycles. The smallest absolute Gasteiger partial charge is 0.394 e. The zero-order valence-electron chi connectivity index (χ0n) is 5.88. The average molecular weight is 225 g/mol. The molecule has 3 nitrogen and oxygen atoms in total. The lowest BCUT2D eigenvalue weighted by Crippen LogP contribution is -1.89. The summed E-state index contributed by atoms with van der Waals surface area (Å²) in [7, 11) is 0. The van der Waals surface area contributed by atoms with Gasteiger partial charge in [0.05, 0.1) is 11.9 Å². The summed E-state index contributed by atoms with van der Waals surface area (Å²) in [5, 5.41) is 0. The van der Waals surface area contributed by atoms with Crippen LogP contribution in [0.3, 0.4) is 0 Å². The number of hydrogen-bond acceptors (Lipinski definition) is 3. The Morgan fingerprint density at radius 1 is 1.33 bits per heavy atom. The number of para-hydroxylation sites is 1. The molecule has 0 radical (unpaired) electrons. The van der Waals surface area contributed by atoms with Gasteiger partial charge in [0.25, 0.3) is 0 Å². The molecule has 6 heteroatoms. The highest BCUT2D eigenvalue weighted by Crippen LogP contribution is 2.45. The summed E-state index contributed by atoms with van der Waals surface area (Å²) in [6.45, 7) is -3.30. The number of benzene rings is 1. The van der Waals surface area contributed by atoms with Gasteiger partial charge < -0.3 is 9.42 Å². The van der Waals surface area contributed by atoms with Gasteiger partial charge in [0, 0.05) is 11.8 Å². The van der Waals surface area contributed by atoms with Crippen molar-refractivity contribution in [1.29, 1.82) is 0 Å². The van der Waals surface area contributed by atoms with Crippen molar-refractivity contribution in [2.75, 3.05) is 0 Å². The van der Waals surface area contributed by atoms with E-state index < -0.39 is 6.72 Å². The summed E-state index contributed by atoms with van der Waals surface area (Å²) in [5.74, 6) is 0.434. The Morgan fingerprint density at radius 3 is 2.42 bits per heavy atom. The van der Waals surface area contributed by atoms with Gasteiger partial charge in [-0.25, -0.2) is 0 Å². The summed E-state index contributed by atoms with van der Waals surface area (Å²) >= 11 is 9.43. The van der Waals surface area contributed by atoms with E-state index in [1.54, 1.807) is 24.3 Å². The first-order chi connectivity index (χ1) is 5.64. The van der Waals surface area contributed by atoms with Gasteiger partial charge in [-0.05, 0) is 12.1 Å². The van der Waals surface area contributed by atoms with Crippen LogP contribution in [0.4, 0.5) is 0 Å². The first kappa shape index (κ1) is 9.96. The molecule has 12 heavy (non-hydrogen) atoms. The maximum absolute atomic E-state index is 9.13. The van der Waals surface area contributed by atoms with E-state index in [0.717, 1.165) is 0 Å². The van der Waals surface area contributed by atoms with Gasteiger partial charge in [0.1, 0.15) is 5.75 Å². The second kappa shape index (κ2) is 4.21. The van der Waals surface area contributed by atoms with Crippen LogP contribution in [-0.4, -0.2) is 4.89 Å². The van der Waals surface area contributed by atoms with Gasteiger partial charge in [-0.15, -0.1) is 0 Å². The molecule has 0 heterocycles. The number of halogens is 1. The lowest BCUT2D eigenvalue weighted by molar-refractivity contribution is 0.392. The fourth-order valence-electron chi connectivity index (χ4n) is 0.629. The van der Waals surface area contributed by atoms with E-state index in [1.165, 1.54) is 0 Å². The van der Waals surface area contributed by atoms with Crippen LogP contribution in [0.2, 0.25) is 0 Å². The molecule has 1 aromatic carbocycles. The van der Waals surface area contributed by atoms with E-state index in [2.05, 4.69) is 15.9 Å². The van der Waals surface area contributed by atoms with Crippen LogP contribution in [0.25, 0.3) is 0 Å². The molecule has 0 aliphatic heterocycles. The summed E-state index contributed by atoms with van der Waals surface area (Å²) < 4.78 is 8.95. The lowest BCUT2D eigenvalue weighted by atomic mass is 10.3. The minimum Gasteiger partial charge on any atom is -0.423 e. The fourth-order valence-corrected chi connectivity index (χ4v) is 1.39. The summed E-state index contributed by atoms with van der Waals surface area (Å²) in [5.41, 5.74) is 0. The molecule has 0 aromatic heterocycles. The van der Waals surface area contributed by atoms with Crippen molar-refractivity contribution < 1.29 is 13.5 Å². The van der Waals surface area contributed by atoms with Crippen LogP contribution >= 0.6 is 18.6 Å². The van der Waals surface area contributed by atoms with Crippen LogP contribution in [0.5, 0.6) is 5.75 Å². The molecule has 0 bridgehead atoms. The number of hydrogen-bond donors (Lipinski definition) is 1. The second-order valence-electron chi connectivity index (χ2n) is 1.94. The van der Waals surface area contributed by atoms with Crippen molar-refractivity contribution in [3.8, 4) is 5.75 Å². The Labute approximate surface area is 80.3 Å². The predicted molar refractivity (Wildman–Crippen MR) is 50.5 cm³/mol. The monoisotopic (exact) mass is 224 g/mol. The molecular weight excluding hydrogens is 219 g/mol. The Kier molecular flexibility index (Phi) is 3.50. The quantitative estimate of drug-likeness (QED) is 0.801. The van der Waals surface area contributed by atoms with E-state index >= 15 is 0 Å². The Morgan fingerprint density at radius 2 is 1.92 bits per heavy atom. The van der Waals surface area contributed by atoms with Crippen LogP contribution in [0, 0.1) is 0 Å². The molecule has 1 N–H and O–H groups in total. The van der Waals surface area contributed by atoms with Gasteiger partial charge >= 0.3 is 6.72 Å². The Bertz CT molecular complexity index is 292. The first-order valence-corrected chi connectivity index (χ1v) is 5.92. The summed E-state index contributed by atoms with van der Waals surface area (Å²) in [6, 6.07) is 8.60. The van der Waals surface area contributed by atoms with Crippen molar-refractivity contribution in [3.05, 3.63) is 30.3 Å². The molecule has 0 fully saturated rings. The standard InChI is InChI=1S/C6H6ClO3PS/c7-10-11(8,12)9-6-4-2-1-3-5-6/h1-5H,(H,8,12). The van der Waals surface area contributed by atoms with Crippen molar-refractivity contribution in [2.24, 2.45) is 0 Å². The van der Waals surface area contributed by atoms with Crippen molar-refractivity contribution in [1.82, 2.24) is 0 Å². The zero-order valence-corrected chi connectivity index (χ0v) is 8.35. The lowest BCUT2D eigenvalue weighted by Gasteiger charge is -2.11. The molecule has 1 unspecified atom stereocenters. The van der Waals surface area contributed by atoms with E-state index in [1.807, 2.05) is 6.07 Å². The maximum atomic E-state index is 9.13. The third-order valence-corrected chi connectivity index (χ3v) is 2.92. The summed E-state index contributed by atoms with van der Waals surface area (Å²) in [6.07, 6.45) is 0. The molecule has 0 saturated carbocycles. The molecule has 0 amide bonds. The van der Waals surface area contributed by atoms with Gasteiger partial charge in [-0.3, -0.25) is 0 Å². The van der Waals surface area contributed by atoms with Crippen molar-refractivity contribution in [3.63, 3.8) is 0 Å². The van der Waals surface area contributed by atoms with Crippen LogP contribution in [-0.2, 0) is 15.9 Å². The molecular formula is C6H6ClO3PS. The third kappa shape index (κ3) is 3.09. The van der Waals surface area contributed by atoms with E-state index in [0.29, 0.717) is 5.75 Å². The van der Waals surface area contributed by atoms with Gasteiger partial charge in [0.2, 0.25) is 0 Å². The Hall–Kier alpha value is -0.120. The molecule has 0 aliphatic rings.